The van der Waals surface area contributed by atoms with Gasteiger partial charge in [-0.3, -0.25) is 4.79 Å². The van der Waals surface area contributed by atoms with Crippen molar-refractivity contribution < 1.29 is 9.21 Å². The maximum atomic E-state index is 12.2. The number of ketones is 1. The molecule has 1 aliphatic heterocycles. The fourth-order valence-electron chi connectivity index (χ4n) is 2.68. The van der Waals surface area contributed by atoms with Gasteiger partial charge in [0.15, 0.2) is 17.8 Å². The molecule has 4 nitrogen and oxygen atoms in total. The van der Waals surface area contributed by atoms with Crippen LogP contribution in [0.1, 0.15) is 36.0 Å². The van der Waals surface area contributed by atoms with Gasteiger partial charge in [-0.25, -0.2) is 4.98 Å². The number of oxazole rings is 1. The number of hydrogen-bond donors (Lipinski definition) is 1. The van der Waals surface area contributed by atoms with Gasteiger partial charge in [0, 0.05) is 12.0 Å². The van der Waals surface area contributed by atoms with Crippen molar-refractivity contribution in [3.8, 4) is 0 Å². The van der Waals surface area contributed by atoms with Crippen molar-refractivity contribution in [2.24, 2.45) is 5.92 Å². The molecule has 1 fully saturated rings. The summed E-state index contributed by atoms with van der Waals surface area (Å²) in [6, 6.07) is 5.47. The summed E-state index contributed by atoms with van der Waals surface area (Å²) in [5.74, 6) is 0.907. The van der Waals surface area contributed by atoms with E-state index in [1.54, 1.807) is 0 Å². The zero-order valence-electron chi connectivity index (χ0n) is 10.9. The molecule has 0 bridgehead atoms. The molecule has 19 heavy (non-hydrogen) atoms. The van der Waals surface area contributed by atoms with Crippen LogP contribution in [0.4, 0.5) is 0 Å². The summed E-state index contributed by atoms with van der Waals surface area (Å²) in [5.41, 5.74) is 2.23. The molecule has 1 aromatic heterocycles. The number of nitrogens with one attached hydrogen (secondary N) is 1. The summed E-state index contributed by atoms with van der Waals surface area (Å²) in [7, 11) is 0. The average Bonchev–Trinajstić information content (AvgIpc) is 2.93. The highest BCUT2D eigenvalue weighted by Gasteiger charge is 2.15. The number of aromatic nitrogens is 1. The van der Waals surface area contributed by atoms with E-state index in [1.165, 1.54) is 19.2 Å². The minimum Gasteiger partial charge on any atom is -0.443 e. The van der Waals surface area contributed by atoms with Crippen LogP contribution < -0.4 is 5.32 Å². The lowest BCUT2D eigenvalue weighted by molar-refractivity contribution is 0.0971. The van der Waals surface area contributed by atoms with E-state index in [4.69, 9.17) is 4.42 Å². The first-order chi connectivity index (χ1) is 9.33. The Morgan fingerprint density at radius 3 is 3.05 bits per heavy atom. The molecular formula is C15H18N2O2. The van der Waals surface area contributed by atoms with Gasteiger partial charge in [-0.05, 0) is 56.5 Å². The van der Waals surface area contributed by atoms with Gasteiger partial charge in [-0.2, -0.15) is 0 Å². The van der Waals surface area contributed by atoms with Crippen molar-refractivity contribution in [2.75, 3.05) is 13.1 Å². The van der Waals surface area contributed by atoms with E-state index in [0.717, 1.165) is 36.2 Å². The monoisotopic (exact) mass is 258 g/mol. The van der Waals surface area contributed by atoms with E-state index in [2.05, 4.69) is 10.3 Å². The number of carbonyl (C=O) groups excluding carboxylic acids is 1. The molecule has 1 aromatic carbocycles. The Balaban J connectivity index is 1.62. The van der Waals surface area contributed by atoms with E-state index < -0.39 is 0 Å². The minimum absolute atomic E-state index is 0.212. The van der Waals surface area contributed by atoms with Crippen molar-refractivity contribution in [3.05, 3.63) is 30.2 Å². The quantitative estimate of drug-likeness (QED) is 0.857. The Labute approximate surface area is 112 Å². The van der Waals surface area contributed by atoms with Crippen LogP contribution in [0.3, 0.4) is 0 Å². The third-order valence-electron chi connectivity index (χ3n) is 3.89. The third-order valence-corrected chi connectivity index (χ3v) is 3.89. The van der Waals surface area contributed by atoms with Crippen LogP contribution in [0.25, 0.3) is 11.1 Å². The number of nitrogens with zero attached hydrogens (tertiary/aromatic N) is 1. The van der Waals surface area contributed by atoms with Crippen molar-refractivity contribution in [1.82, 2.24) is 10.3 Å². The standard InChI is InChI=1S/C15H18N2O2/c18-14(3-1-11-5-7-16-8-6-11)12-2-4-15-13(9-12)17-10-19-15/h2,4,9-11,16H,1,3,5-8H2. The van der Waals surface area contributed by atoms with Crippen LogP contribution >= 0.6 is 0 Å². The number of rotatable bonds is 4. The Morgan fingerprint density at radius 2 is 2.21 bits per heavy atom. The van der Waals surface area contributed by atoms with Crippen LogP contribution in [0.15, 0.2) is 29.0 Å². The van der Waals surface area contributed by atoms with Crippen molar-refractivity contribution in [1.29, 1.82) is 0 Å². The predicted octanol–water partition coefficient (Wildman–Crippen LogP) is 2.79. The summed E-state index contributed by atoms with van der Waals surface area (Å²) in [5, 5.41) is 3.35. The lowest BCUT2D eigenvalue weighted by Gasteiger charge is -2.22. The number of hydrogen-bond acceptors (Lipinski definition) is 4. The van der Waals surface area contributed by atoms with Crippen LogP contribution in [0.2, 0.25) is 0 Å². The molecule has 4 heteroatoms. The highest BCUT2D eigenvalue weighted by atomic mass is 16.3. The van der Waals surface area contributed by atoms with E-state index in [0.29, 0.717) is 12.3 Å². The Bertz CT molecular complexity index is 570. The SMILES string of the molecule is O=C(CCC1CCNCC1)c1ccc2ocnc2c1. The maximum absolute atomic E-state index is 12.2. The van der Waals surface area contributed by atoms with E-state index >= 15 is 0 Å². The van der Waals surface area contributed by atoms with Gasteiger partial charge >= 0.3 is 0 Å². The first-order valence-electron chi connectivity index (χ1n) is 6.90. The van der Waals surface area contributed by atoms with Gasteiger partial charge in [0.25, 0.3) is 0 Å². The van der Waals surface area contributed by atoms with Crippen LogP contribution in [-0.4, -0.2) is 23.9 Å². The number of carbonyl (C=O) groups is 1. The molecule has 0 atom stereocenters. The normalized spacial score (nSPS) is 16.8. The highest BCUT2D eigenvalue weighted by molar-refractivity contribution is 5.98. The van der Waals surface area contributed by atoms with Crippen molar-refractivity contribution in [3.63, 3.8) is 0 Å². The van der Waals surface area contributed by atoms with E-state index in [9.17, 15) is 4.79 Å². The van der Waals surface area contributed by atoms with Crippen LogP contribution in [-0.2, 0) is 0 Å². The topological polar surface area (TPSA) is 55.1 Å². The maximum Gasteiger partial charge on any atom is 0.181 e. The molecule has 3 rings (SSSR count). The fourth-order valence-corrected chi connectivity index (χ4v) is 2.68. The van der Waals surface area contributed by atoms with Crippen molar-refractivity contribution in [2.45, 2.75) is 25.7 Å². The molecule has 0 saturated carbocycles. The van der Waals surface area contributed by atoms with Gasteiger partial charge in [0.05, 0.1) is 0 Å². The zero-order chi connectivity index (χ0) is 13.1. The summed E-state index contributed by atoms with van der Waals surface area (Å²) in [6.45, 7) is 2.17. The molecule has 1 saturated heterocycles. The molecule has 2 heterocycles. The number of fused-ring (bicyclic) bond motifs is 1. The highest BCUT2D eigenvalue weighted by Crippen LogP contribution is 2.20. The summed E-state index contributed by atoms with van der Waals surface area (Å²) >= 11 is 0. The largest absolute Gasteiger partial charge is 0.443 e. The van der Waals surface area contributed by atoms with Gasteiger partial charge in [0.1, 0.15) is 5.52 Å². The van der Waals surface area contributed by atoms with Gasteiger partial charge in [-0.15, -0.1) is 0 Å². The Morgan fingerprint density at radius 1 is 1.37 bits per heavy atom. The molecule has 100 valence electrons. The first-order valence-corrected chi connectivity index (χ1v) is 6.90. The van der Waals surface area contributed by atoms with Crippen molar-refractivity contribution >= 4 is 16.9 Å². The average molecular weight is 258 g/mol. The molecule has 0 aliphatic carbocycles. The first kappa shape index (κ1) is 12.4. The minimum atomic E-state index is 0.212. The molecule has 2 aromatic rings. The molecule has 1 N–H and O–H groups in total. The predicted molar refractivity (Wildman–Crippen MR) is 73.2 cm³/mol. The third kappa shape index (κ3) is 2.84. The second-order valence-electron chi connectivity index (χ2n) is 5.19. The smallest absolute Gasteiger partial charge is 0.181 e. The number of piperidine rings is 1. The van der Waals surface area contributed by atoms with E-state index in [-0.39, 0.29) is 5.78 Å². The Kier molecular flexibility index (Phi) is 3.60. The molecule has 0 unspecified atom stereocenters. The van der Waals surface area contributed by atoms with Gasteiger partial charge in [-0.1, -0.05) is 0 Å². The summed E-state index contributed by atoms with van der Waals surface area (Å²) in [4.78, 5) is 16.3. The number of Topliss-reactive ketones (excluding diaryl/α,β-unsaturated/α-hetero) is 1. The second-order valence-corrected chi connectivity index (χ2v) is 5.19. The van der Waals surface area contributed by atoms with Gasteiger partial charge < -0.3 is 9.73 Å². The van der Waals surface area contributed by atoms with Crippen LogP contribution in [0, 0.1) is 5.92 Å². The van der Waals surface area contributed by atoms with Gasteiger partial charge in [0.2, 0.25) is 0 Å². The molecule has 0 amide bonds. The summed E-state index contributed by atoms with van der Waals surface area (Å²) < 4.78 is 5.18. The van der Waals surface area contributed by atoms with E-state index in [1.807, 2.05) is 18.2 Å². The Hall–Kier alpha value is -1.68. The molecule has 1 aliphatic rings. The molecular weight excluding hydrogens is 240 g/mol. The lowest BCUT2D eigenvalue weighted by atomic mass is 9.91. The van der Waals surface area contributed by atoms with Crippen LogP contribution in [0.5, 0.6) is 0 Å². The molecule has 0 radical (unpaired) electrons. The second kappa shape index (κ2) is 5.53. The zero-order valence-corrected chi connectivity index (χ0v) is 10.9. The summed E-state index contributed by atoms with van der Waals surface area (Å²) in [6.07, 6.45) is 5.42. The molecule has 0 spiro atoms. The number of benzene rings is 1. The lowest BCUT2D eigenvalue weighted by Crippen LogP contribution is -2.27. The fraction of sp³-hybridized carbons (Fsp3) is 0.467.